The molecule has 1 saturated carbocycles. The molecule has 2 nitrogen and oxygen atoms in total. The fraction of sp³-hybridized carbons (Fsp3) is 0.739. The third-order valence-electron chi connectivity index (χ3n) is 6.06. The summed E-state index contributed by atoms with van der Waals surface area (Å²) >= 11 is 0. The standard InChI is InChI=1S/C21H33NO.2CH4/c23-21(20-13-7-4-8-14-20,15-18-22-16-9-10-17-22)19-11-5-2-1-3-6-12-19;;/h4,7-8,13-14,19,23H,1-3,5-6,9-12,15-18H2;2*1H4. The summed E-state index contributed by atoms with van der Waals surface area (Å²) in [6.45, 7) is 3.48. The summed E-state index contributed by atoms with van der Waals surface area (Å²) in [4.78, 5) is 2.54. The van der Waals surface area contributed by atoms with Crippen molar-refractivity contribution < 1.29 is 5.11 Å². The molecule has 1 aliphatic carbocycles. The molecule has 1 atom stereocenters. The van der Waals surface area contributed by atoms with Gasteiger partial charge in [-0.3, -0.25) is 0 Å². The summed E-state index contributed by atoms with van der Waals surface area (Å²) in [6, 6.07) is 10.5. The van der Waals surface area contributed by atoms with Crippen LogP contribution in [0.2, 0.25) is 0 Å². The molecule has 0 radical (unpaired) electrons. The summed E-state index contributed by atoms with van der Waals surface area (Å²) in [5.41, 5.74) is 0.506. The van der Waals surface area contributed by atoms with Gasteiger partial charge in [0, 0.05) is 6.54 Å². The molecule has 2 aliphatic rings. The minimum Gasteiger partial charge on any atom is -0.385 e. The van der Waals surface area contributed by atoms with E-state index >= 15 is 0 Å². The molecule has 2 heteroatoms. The molecule has 0 spiro atoms. The quantitative estimate of drug-likeness (QED) is 0.707. The van der Waals surface area contributed by atoms with Gasteiger partial charge in [0.05, 0.1) is 5.60 Å². The lowest BCUT2D eigenvalue weighted by molar-refractivity contribution is -0.0472. The first-order valence-corrected chi connectivity index (χ1v) is 9.79. The van der Waals surface area contributed by atoms with E-state index in [9.17, 15) is 5.11 Å². The monoisotopic (exact) mass is 347 g/mol. The second-order valence-electron chi connectivity index (χ2n) is 7.63. The van der Waals surface area contributed by atoms with Crippen molar-refractivity contribution in [2.45, 2.75) is 84.7 Å². The van der Waals surface area contributed by atoms with Crippen molar-refractivity contribution in [3.05, 3.63) is 35.9 Å². The summed E-state index contributed by atoms with van der Waals surface area (Å²) in [5, 5.41) is 11.8. The van der Waals surface area contributed by atoms with Crippen LogP contribution in [0.4, 0.5) is 0 Å². The SMILES string of the molecule is C.C.OC(CCN1CCCC1)(c1ccccc1)C1CCCCCCC1. The van der Waals surface area contributed by atoms with Gasteiger partial charge >= 0.3 is 0 Å². The Balaban J connectivity index is 0.00000156. The number of likely N-dealkylation sites (tertiary alicyclic amines) is 1. The van der Waals surface area contributed by atoms with Crippen LogP contribution in [0.25, 0.3) is 0 Å². The van der Waals surface area contributed by atoms with Gasteiger partial charge < -0.3 is 10.0 Å². The summed E-state index contributed by atoms with van der Waals surface area (Å²) in [7, 11) is 0. The summed E-state index contributed by atoms with van der Waals surface area (Å²) < 4.78 is 0. The topological polar surface area (TPSA) is 23.5 Å². The normalized spacial score (nSPS) is 22.1. The zero-order valence-electron chi connectivity index (χ0n) is 14.6. The molecule has 1 aliphatic heterocycles. The fourth-order valence-corrected chi connectivity index (χ4v) is 4.58. The molecule has 0 amide bonds. The van der Waals surface area contributed by atoms with Gasteiger partial charge in [0.2, 0.25) is 0 Å². The van der Waals surface area contributed by atoms with Gasteiger partial charge in [0.15, 0.2) is 0 Å². The minimum absolute atomic E-state index is 0. The van der Waals surface area contributed by atoms with Gasteiger partial charge in [-0.25, -0.2) is 0 Å². The molecule has 1 unspecified atom stereocenters. The van der Waals surface area contributed by atoms with Gasteiger partial charge in [0.25, 0.3) is 0 Å². The number of hydrogen-bond acceptors (Lipinski definition) is 2. The molecule has 1 N–H and O–H groups in total. The van der Waals surface area contributed by atoms with E-state index in [0.717, 1.165) is 18.5 Å². The van der Waals surface area contributed by atoms with E-state index in [2.05, 4.69) is 35.2 Å². The lowest BCUT2D eigenvalue weighted by Gasteiger charge is -2.39. The van der Waals surface area contributed by atoms with Crippen molar-refractivity contribution in [3.63, 3.8) is 0 Å². The van der Waals surface area contributed by atoms with Crippen LogP contribution >= 0.6 is 0 Å². The molecule has 2 fully saturated rings. The first-order valence-electron chi connectivity index (χ1n) is 9.79. The molecule has 1 heterocycles. The Morgan fingerprint density at radius 1 is 0.840 bits per heavy atom. The predicted octanol–water partition coefficient (Wildman–Crippen LogP) is 5.99. The van der Waals surface area contributed by atoms with Gasteiger partial charge in [-0.15, -0.1) is 0 Å². The number of hydrogen-bond donors (Lipinski definition) is 1. The first kappa shape index (κ1) is 22.2. The van der Waals surface area contributed by atoms with Crippen LogP contribution in [0, 0.1) is 5.92 Å². The Labute approximate surface area is 156 Å². The highest BCUT2D eigenvalue weighted by Crippen LogP contribution is 2.40. The summed E-state index contributed by atoms with van der Waals surface area (Å²) in [6.07, 6.45) is 12.5. The third-order valence-corrected chi connectivity index (χ3v) is 6.06. The molecule has 1 aromatic carbocycles. The predicted molar refractivity (Wildman–Crippen MR) is 110 cm³/mol. The number of rotatable bonds is 5. The molecule has 1 saturated heterocycles. The lowest BCUT2D eigenvalue weighted by Crippen LogP contribution is -2.39. The van der Waals surface area contributed by atoms with Crippen LogP contribution in [0.3, 0.4) is 0 Å². The van der Waals surface area contributed by atoms with Crippen molar-refractivity contribution in [2.75, 3.05) is 19.6 Å². The maximum Gasteiger partial charge on any atom is 0.0936 e. The number of nitrogens with zero attached hydrogens (tertiary/aromatic N) is 1. The molecule has 1 aromatic rings. The molecular formula is C23H41NO. The average Bonchev–Trinajstić information content (AvgIpc) is 3.07. The van der Waals surface area contributed by atoms with Gasteiger partial charge in [0.1, 0.15) is 0 Å². The highest BCUT2D eigenvalue weighted by atomic mass is 16.3. The van der Waals surface area contributed by atoms with Crippen LogP contribution in [0.1, 0.15) is 84.6 Å². The van der Waals surface area contributed by atoms with Crippen LogP contribution < -0.4 is 0 Å². The first-order chi connectivity index (χ1) is 11.3. The molecule has 0 bridgehead atoms. The molecule has 3 rings (SSSR count). The Morgan fingerprint density at radius 2 is 1.40 bits per heavy atom. The van der Waals surface area contributed by atoms with Crippen molar-refractivity contribution in [1.29, 1.82) is 0 Å². The van der Waals surface area contributed by atoms with Crippen LogP contribution in [-0.2, 0) is 5.60 Å². The van der Waals surface area contributed by atoms with E-state index in [4.69, 9.17) is 0 Å². The Bertz CT molecular complexity index is 446. The van der Waals surface area contributed by atoms with Crippen molar-refractivity contribution in [1.82, 2.24) is 4.90 Å². The minimum atomic E-state index is -0.638. The second-order valence-corrected chi connectivity index (χ2v) is 7.63. The lowest BCUT2D eigenvalue weighted by atomic mass is 9.73. The van der Waals surface area contributed by atoms with Crippen LogP contribution in [0.5, 0.6) is 0 Å². The maximum absolute atomic E-state index is 11.8. The van der Waals surface area contributed by atoms with Gasteiger partial charge in [-0.05, 0) is 56.7 Å². The van der Waals surface area contributed by atoms with Crippen LogP contribution in [-0.4, -0.2) is 29.6 Å². The van der Waals surface area contributed by atoms with Crippen molar-refractivity contribution >= 4 is 0 Å². The highest BCUT2D eigenvalue weighted by molar-refractivity contribution is 5.23. The van der Waals surface area contributed by atoms with Gasteiger partial charge in [-0.2, -0.15) is 0 Å². The largest absolute Gasteiger partial charge is 0.385 e. The van der Waals surface area contributed by atoms with E-state index in [1.807, 2.05) is 0 Å². The van der Waals surface area contributed by atoms with Crippen molar-refractivity contribution in [3.8, 4) is 0 Å². The maximum atomic E-state index is 11.8. The summed E-state index contributed by atoms with van der Waals surface area (Å²) in [5.74, 6) is 0.424. The van der Waals surface area contributed by atoms with E-state index in [1.54, 1.807) is 0 Å². The Kier molecular flexibility index (Phi) is 9.74. The molecule has 0 aromatic heterocycles. The average molecular weight is 348 g/mol. The number of benzene rings is 1. The van der Waals surface area contributed by atoms with E-state index in [-0.39, 0.29) is 14.9 Å². The highest BCUT2D eigenvalue weighted by Gasteiger charge is 2.38. The number of aliphatic hydroxyl groups is 1. The molecule has 144 valence electrons. The smallest absolute Gasteiger partial charge is 0.0936 e. The molecular weight excluding hydrogens is 306 g/mol. The third kappa shape index (κ3) is 5.82. The van der Waals surface area contributed by atoms with Gasteiger partial charge in [-0.1, -0.05) is 77.3 Å². The zero-order chi connectivity index (χ0) is 16.0. The van der Waals surface area contributed by atoms with E-state index in [0.29, 0.717) is 5.92 Å². The van der Waals surface area contributed by atoms with E-state index < -0.39 is 5.60 Å². The van der Waals surface area contributed by atoms with E-state index in [1.165, 1.54) is 70.9 Å². The second kappa shape index (κ2) is 11.0. The Hall–Kier alpha value is -0.860. The molecule has 25 heavy (non-hydrogen) atoms. The Morgan fingerprint density at radius 3 is 2.00 bits per heavy atom. The zero-order valence-corrected chi connectivity index (χ0v) is 14.6. The fourth-order valence-electron chi connectivity index (χ4n) is 4.58. The van der Waals surface area contributed by atoms with Crippen LogP contribution in [0.15, 0.2) is 30.3 Å². The van der Waals surface area contributed by atoms with Crippen molar-refractivity contribution in [2.24, 2.45) is 5.92 Å².